The number of hydrazine groups is 1. The molecule has 0 radical (unpaired) electrons. The van der Waals surface area contributed by atoms with Crippen molar-refractivity contribution in [2.24, 2.45) is 5.84 Å². The highest BCUT2D eigenvalue weighted by Gasteiger charge is 2.09. The molecule has 0 aliphatic carbocycles. The molecular weight excluding hydrogens is 264 g/mol. The molecule has 2 aromatic carbocycles. The van der Waals surface area contributed by atoms with Crippen molar-refractivity contribution in [3.8, 4) is 11.1 Å². The van der Waals surface area contributed by atoms with Gasteiger partial charge in [0.25, 0.3) is 0 Å². The van der Waals surface area contributed by atoms with Gasteiger partial charge in [-0.3, -0.25) is 0 Å². The summed E-state index contributed by atoms with van der Waals surface area (Å²) >= 11 is 0. The number of aryl methyl sites for hydroxylation is 1. The molecule has 1 aromatic heterocycles. The van der Waals surface area contributed by atoms with Crippen LogP contribution in [0, 0.1) is 6.92 Å². The van der Waals surface area contributed by atoms with E-state index in [-0.39, 0.29) is 5.95 Å². The molecular formula is C15H16N6. The number of nitrogen functional groups attached to an aromatic ring is 3. The van der Waals surface area contributed by atoms with Crippen molar-refractivity contribution >= 4 is 28.4 Å². The molecule has 6 nitrogen and oxygen atoms in total. The van der Waals surface area contributed by atoms with E-state index in [1.54, 1.807) is 0 Å². The van der Waals surface area contributed by atoms with Crippen molar-refractivity contribution in [1.29, 1.82) is 0 Å². The lowest BCUT2D eigenvalue weighted by Crippen LogP contribution is -2.11. The van der Waals surface area contributed by atoms with Gasteiger partial charge < -0.3 is 16.9 Å². The minimum atomic E-state index is 0.179. The number of anilines is 3. The molecule has 0 aliphatic heterocycles. The first kappa shape index (κ1) is 13.1. The molecule has 0 bridgehead atoms. The molecule has 0 aliphatic rings. The van der Waals surface area contributed by atoms with Crippen molar-refractivity contribution in [1.82, 2.24) is 9.97 Å². The fraction of sp³-hybridized carbons (Fsp3) is 0.0667. The summed E-state index contributed by atoms with van der Waals surface area (Å²) in [5, 5.41) is 0.796. The minimum Gasteiger partial charge on any atom is -0.398 e. The summed E-state index contributed by atoms with van der Waals surface area (Å²) < 4.78 is 0. The normalized spacial score (nSPS) is 10.8. The highest BCUT2D eigenvalue weighted by atomic mass is 15.3. The van der Waals surface area contributed by atoms with E-state index < -0.39 is 0 Å². The summed E-state index contributed by atoms with van der Waals surface area (Å²) in [7, 11) is 0. The van der Waals surface area contributed by atoms with E-state index in [1.165, 1.54) is 0 Å². The number of nitrogens with two attached hydrogens (primary N) is 3. The Bertz CT molecular complexity index is 828. The van der Waals surface area contributed by atoms with Gasteiger partial charge in [-0.25, -0.2) is 10.8 Å². The van der Waals surface area contributed by atoms with Crippen LogP contribution in [0.3, 0.4) is 0 Å². The van der Waals surface area contributed by atoms with Gasteiger partial charge in [0.15, 0.2) is 5.82 Å². The Hall–Kier alpha value is -2.86. The fourth-order valence-corrected chi connectivity index (χ4v) is 2.34. The molecule has 0 amide bonds. The van der Waals surface area contributed by atoms with Crippen LogP contribution in [0.1, 0.15) is 5.56 Å². The van der Waals surface area contributed by atoms with Gasteiger partial charge in [-0.05, 0) is 36.8 Å². The van der Waals surface area contributed by atoms with Crippen LogP contribution < -0.4 is 22.7 Å². The topological polar surface area (TPSA) is 116 Å². The Morgan fingerprint density at radius 3 is 2.57 bits per heavy atom. The van der Waals surface area contributed by atoms with Crippen LogP contribution in [0.4, 0.5) is 17.5 Å². The van der Waals surface area contributed by atoms with E-state index in [0.29, 0.717) is 5.82 Å². The van der Waals surface area contributed by atoms with Crippen LogP contribution in [-0.4, -0.2) is 9.97 Å². The number of aromatic nitrogens is 2. The van der Waals surface area contributed by atoms with E-state index >= 15 is 0 Å². The third kappa shape index (κ3) is 2.32. The van der Waals surface area contributed by atoms with Gasteiger partial charge in [0.2, 0.25) is 5.95 Å². The smallest absolute Gasteiger partial charge is 0.222 e. The molecule has 0 atom stereocenters. The number of nitrogens with zero attached hydrogens (tertiary/aromatic N) is 2. The van der Waals surface area contributed by atoms with Crippen LogP contribution in [0.25, 0.3) is 22.0 Å². The second-order valence-corrected chi connectivity index (χ2v) is 4.90. The summed E-state index contributed by atoms with van der Waals surface area (Å²) in [6.45, 7) is 2.03. The van der Waals surface area contributed by atoms with Crippen molar-refractivity contribution < 1.29 is 0 Å². The van der Waals surface area contributed by atoms with Gasteiger partial charge in [-0.2, -0.15) is 4.98 Å². The highest BCUT2D eigenvalue weighted by Crippen LogP contribution is 2.31. The van der Waals surface area contributed by atoms with E-state index in [0.717, 1.165) is 33.3 Å². The maximum absolute atomic E-state index is 6.07. The number of hydrogen-bond donors (Lipinski definition) is 4. The molecule has 3 rings (SSSR count). The average Bonchev–Trinajstić information content (AvgIpc) is 2.48. The molecule has 106 valence electrons. The van der Waals surface area contributed by atoms with Crippen molar-refractivity contribution in [3.63, 3.8) is 0 Å². The summed E-state index contributed by atoms with van der Waals surface area (Å²) in [6.07, 6.45) is 0. The molecule has 3 aromatic rings. The van der Waals surface area contributed by atoms with E-state index in [9.17, 15) is 0 Å². The van der Waals surface area contributed by atoms with Crippen molar-refractivity contribution in [3.05, 3.63) is 42.0 Å². The molecule has 0 unspecified atom stereocenters. The molecule has 1 heterocycles. The molecule has 7 N–H and O–H groups in total. The molecule has 21 heavy (non-hydrogen) atoms. The Labute approximate surface area is 122 Å². The van der Waals surface area contributed by atoms with Gasteiger partial charge >= 0.3 is 0 Å². The molecule has 0 fully saturated rings. The SMILES string of the molecule is Cc1ccc(N)c(-c2ccc3nc(N)nc(NN)c3c2)c1. The maximum atomic E-state index is 6.07. The van der Waals surface area contributed by atoms with Crippen LogP contribution in [-0.2, 0) is 0 Å². The first-order chi connectivity index (χ1) is 10.1. The van der Waals surface area contributed by atoms with Gasteiger partial charge in [-0.1, -0.05) is 17.7 Å². The van der Waals surface area contributed by atoms with Crippen LogP contribution in [0.2, 0.25) is 0 Å². The third-order valence-electron chi connectivity index (χ3n) is 3.37. The van der Waals surface area contributed by atoms with Crippen LogP contribution in [0.5, 0.6) is 0 Å². The zero-order valence-corrected chi connectivity index (χ0v) is 11.6. The lowest BCUT2D eigenvalue weighted by atomic mass is 10.00. The second-order valence-electron chi connectivity index (χ2n) is 4.90. The molecule has 6 heteroatoms. The summed E-state index contributed by atoms with van der Waals surface area (Å²) in [5.74, 6) is 6.18. The van der Waals surface area contributed by atoms with Gasteiger partial charge in [0.1, 0.15) is 0 Å². The van der Waals surface area contributed by atoms with Crippen LogP contribution >= 0.6 is 0 Å². The molecule has 0 saturated carbocycles. The van der Waals surface area contributed by atoms with E-state index in [1.807, 2.05) is 43.3 Å². The average molecular weight is 280 g/mol. The van der Waals surface area contributed by atoms with Crippen molar-refractivity contribution in [2.75, 3.05) is 16.9 Å². The molecule has 0 spiro atoms. The highest BCUT2D eigenvalue weighted by molar-refractivity contribution is 5.94. The Morgan fingerprint density at radius 2 is 1.81 bits per heavy atom. The predicted molar refractivity (Wildman–Crippen MR) is 86.3 cm³/mol. The lowest BCUT2D eigenvalue weighted by Gasteiger charge is -2.10. The zero-order chi connectivity index (χ0) is 15.0. The van der Waals surface area contributed by atoms with Gasteiger partial charge in [-0.15, -0.1) is 0 Å². The standard InChI is InChI=1S/C15H16N6/c1-8-2-4-12(16)10(6-8)9-3-5-13-11(7-9)14(21-18)20-15(17)19-13/h2-7H,16,18H2,1H3,(H3,17,19,20,21). The Balaban J connectivity index is 2.25. The maximum Gasteiger partial charge on any atom is 0.222 e. The Morgan fingerprint density at radius 1 is 1.00 bits per heavy atom. The Kier molecular flexibility index (Phi) is 3.08. The van der Waals surface area contributed by atoms with Crippen molar-refractivity contribution in [2.45, 2.75) is 6.92 Å². The minimum absolute atomic E-state index is 0.179. The third-order valence-corrected chi connectivity index (χ3v) is 3.37. The van der Waals surface area contributed by atoms with E-state index in [2.05, 4.69) is 15.4 Å². The number of benzene rings is 2. The van der Waals surface area contributed by atoms with Gasteiger partial charge in [0.05, 0.1) is 5.52 Å². The number of fused-ring (bicyclic) bond motifs is 1. The summed E-state index contributed by atoms with van der Waals surface area (Å²) in [5.41, 5.74) is 18.8. The number of nitrogens with one attached hydrogen (secondary N) is 1. The first-order valence-electron chi connectivity index (χ1n) is 6.49. The fourth-order valence-electron chi connectivity index (χ4n) is 2.34. The molecule has 0 saturated heterocycles. The van der Waals surface area contributed by atoms with Crippen LogP contribution in [0.15, 0.2) is 36.4 Å². The second kappa shape index (κ2) is 4.92. The number of rotatable bonds is 2. The number of hydrogen-bond acceptors (Lipinski definition) is 6. The van der Waals surface area contributed by atoms with E-state index in [4.69, 9.17) is 17.3 Å². The predicted octanol–water partition coefficient (Wildman–Crippen LogP) is 2.06. The monoisotopic (exact) mass is 280 g/mol. The summed E-state index contributed by atoms with van der Waals surface area (Å²) in [4.78, 5) is 8.29. The quantitative estimate of drug-likeness (QED) is 0.324. The summed E-state index contributed by atoms with van der Waals surface area (Å²) in [6, 6.07) is 11.7. The van der Waals surface area contributed by atoms with Gasteiger partial charge in [0, 0.05) is 16.6 Å². The largest absolute Gasteiger partial charge is 0.398 e. The zero-order valence-electron chi connectivity index (χ0n) is 11.6. The lowest BCUT2D eigenvalue weighted by molar-refractivity contribution is 1.19. The first-order valence-corrected chi connectivity index (χ1v) is 6.49.